The van der Waals surface area contributed by atoms with E-state index in [0.29, 0.717) is 0 Å². The molecule has 0 aromatic heterocycles. The van der Waals surface area contributed by atoms with Crippen molar-refractivity contribution in [1.82, 2.24) is 0 Å². The lowest BCUT2D eigenvalue weighted by atomic mass is 9.96. The highest BCUT2D eigenvalue weighted by molar-refractivity contribution is 7.99. The van der Waals surface area contributed by atoms with E-state index in [4.69, 9.17) is 42.6 Å². The van der Waals surface area contributed by atoms with Crippen molar-refractivity contribution in [2.75, 3.05) is 12.4 Å². The van der Waals surface area contributed by atoms with E-state index in [0.717, 1.165) is 46.4 Å². The second-order valence-corrected chi connectivity index (χ2v) is 11.6. The minimum Gasteiger partial charge on any atom is -0.463 e. The smallest absolute Gasteiger partial charge is 0.303 e. The molecule has 1 aromatic carbocycles. The molecule has 47 heavy (non-hydrogen) atoms. The number of benzene rings is 1. The lowest BCUT2D eigenvalue weighted by Crippen LogP contribution is -2.67. The van der Waals surface area contributed by atoms with Gasteiger partial charge in [-0.15, -0.1) is 11.8 Å². The fourth-order valence-electron chi connectivity index (χ4n) is 4.98. The van der Waals surface area contributed by atoms with Crippen molar-refractivity contribution >= 4 is 47.6 Å². The quantitative estimate of drug-likeness (QED) is 0.184. The normalized spacial score (nSPS) is 30.3. The summed E-state index contributed by atoms with van der Waals surface area (Å²) in [6.45, 7) is 5.97. The minimum atomic E-state index is -1.76. The molecule has 1 N–H and O–H groups in total. The van der Waals surface area contributed by atoms with E-state index in [1.165, 1.54) is 11.8 Å². The van der Waals surface area contributed by atoms with Gasteiger partial charge in [0, 0.05) is 52.2 Å². The molecule has 0 amide bonds. The molecule has 2 aliphatic rings. The number of aliphatic hydroxyl groups is 1. The van der Waals surface area contributed by atoms with E-state index < -0.39 is 104 Å². The zero-order valence-corrected chi connectivity index (χ0v) is 27.4. The molecule has 1 aromatic rings. The number of thioether (sulfide) groups is 1. The Bertz CT molecular complexity index is 1270. The first-order valence-corrected chi connectivity index (χ1v) is 15.5. The number of ether oxygens (including phenoxy) is 9. The van der Waals surface area contributed by atoms with Gasteiger partial charge in [-0.1, -0.05) is 18.2 Å². The van der Waals surface area contributed by atoms with Gasteiger partial charge in [-0.05, 0) is 12.1 Å². The number of aliphatic hydroxyl groups excluding tert-OH is 1. The molecule has 0 bridgehead atoms. The molecule has 2 saturated heterocycles. The Morgan fingerprint density at radius 2 is 1.11 bits per heavy atom. The lowest BCUT2D eigenvalue weighted by molar-refractivity contribution is -0.353. The van der Waals surface area contributed by atoms with Crippen LogP contribution in [0, 0.1) is 0 Å². The maximum atomic E-state index is 12.3. The van der Waals surface area contributed by atoms with Crippen LogP contribution in [0.25, 0.3) is 0 Å². The molecule has 0 spiro atoms. The third-order valence-electron chi connectivity index (χ3n) is 6.61. The van der Waals surface area contributed by atoms with Gasteiger partial charge in [0.1, 0.15) is 24.9 Å². The highest BCUT2D eigenvalue weighted by atomic mass is 32.2. The van der Waals surface area contributed by atoms with E-state index in [1.54, 1.807) is 0 Å². The van der Waals surface area contributed by atoms with Crippen LogP contribution in [0.4, 0.5) is 0 Å². The van der Waals surface area contributed by atoms with Crippen LogP contribution in [0.5, 0.6) is 0 Å². The van der Waals surface area contributed by atoms with Gasteiger partial charge in [0.2, 0.25) is 0 Å². The predicted octanol–water partition coefficient (Wildman–Crippen LogP) is 0.828. The molecule has 2 aliphatic heterocycles. The first kappa shape index (κ1) is 37.7. The van der Waals surface area contributed by atoms with Gasteiger partial charge < -0.3 is 47.7 Å². The number of carbonyl (C=O) groups excluding carboxylic acids is 6. The molecule has 10 atom stereocenters. The van der Waals surface area contributed by atoms with Gasteiger partial charge in [0.15, 0.2) is 43.1 Å². The van der Waals surface area contributed by atoms with E-state index in [9.17, 15) is 33.9 Å². The van der Waals surface area contributed by atoms with Gasteiger partial charge in [-0.25, -0.2) is 0 Å². The number of rotatable bonds is 12. The summed E-state index contributed by atoms with van der Waals surface area (Å²) in [7, 11) is 0. The van der Waals surface area contributed by atoms with E-state index >= 15 is 0 Å². The van der Waals surface area contributed by atoms with Gasteiger partial charge in [-0.2, -0.15) is 0 Å². The van der Waals surface area contributed by atoms with Crippen molar-refractivity contribution in [3.8, 4) is 0 Å². The summed E-state index contributed by atoms with van der Waals surface area (Å²) in [5.74, 6) is -4.84. The molecule has 2 heterocycles. The molecular formula is C30H38O16S. The molecular weight excluding hydrogens is 648 g/mol. The van der Waals surface area contributed by atoms with Crippen LogP contribution in [-0.4, -0.2) is 115 Å². The van der Waals surface area contributed by atoms with Crippen molar-refractivity contribution in [3.05, 3.63) is 30.3 Å². The third kappa shape index (κ3) is 11.2. The van der Waals surface area contributed by atoms with Crippen molar-refractivity contribution < 1.29 is 76.5 Å². The molecule has 3 rings (SSSR count). The maximum Gasteiger partial charge on any atom is 0.303 e. The summed E-state index contributed by atoms with van der Waals surface area (Å²) < 4.78 is 50.5. The summed E-state index contributed by atoms with van der Waals surface area (Å²) in [5.41, 5.74) is 0. The molecule has 0 unspecified atom stereocenters. The number of hydrogen-bond donors (Lipinski definition) is 1. The Morgan fingerprint density at radius 3 is 1.64 bits per heavy atom. The third-order valence-corrected chi connectivity index (χ3v) is 7.71. The zero-order valence-electron chi connectivity index (χ0n) is 26.6. The van der Waals surface area contributed by atoms with E-state index in [-0.39, 0.29) is 5.75 Å². The minimum absolute atomic E-state index is 0.0849. The predicted molar refractivity (Wildman–Crippen MR) is 156 cm³/mol. The summed E-state index contributed by atoms with van der Waals surface area (Å²) in [4.78, 5) is 73.5. The largest absolute Gasteiger partial charge is 0.463 e. The van der Waals surface area contributed by atoms with Crippen molar-refractivity contribution in [2.45, 2.75) is 108 Å². The van der Waals surface area contributed by atoms with Crippen LogP contribution >= 0.6 is 11.8 Å². The fourth-order valence-corrected chi connectivity index (χ4v) is 5.96. The lowest BCUT2D eigenvalue weighted by Gasteiger charge is -2.48. The molecule has 16 nitrogen and oxygen atoms in total. The monoisotopic (exact) mass is 686 g/mol. The molecule has 2 fully saturated rings. The SMILES string of the molecule is CC(=O)OC[C@H]1O[C@H](O[C@H]2[C@H](OC(C)=O)[C@@H](OC(C)=O)[C@@H](O)O[C@@H]2CSc2ccccc2)[C@@H](OC(C)=O)[C@@H](OC(C)=O)[C@@H]1OC(C)=O. The van der Waals surface area contributed by atoms with Crippen LogP contribution in [0.2, 0.25) is 0 Å². The average molecular weight is 687 g/mol. The van der Waals surface area contributed by atoms with E-state index in [2.05, 4.69) is 0 Å². The summed E-state index contributed by atoms with van der Waals surface area (Å²) in [5, 5.41) is 10.9. The Kier molecular flexibility index (Phi) is 14.0. The maximum absolute atomic E-state index is 12.3. The second kappa shape index (κ2) is 17.4. The average Bonchev–Trinajstić information content (AvgIpc) is 2.96. The summed E-state index contributed by atoms with van der Waals surface area (Å²) in [6.07, 6.45) is -15.0. The number of carbonyl (C=O) groups is 6. The summed E-state index contributed by atoms with van der Waals surface area (Å²) in [6, 6.07) is 9.09. The first-order chi connectivity index (χ1) is 22.2. The zero-order chi connectivity index (χ0) is 34.8. The van der Waals surface area contributed by atoms with Crippen molar-refractivity contribution in [1.29, 1.82) is 0 Å². The molecule has 0 saturated carbocycles. The fraction of sp³-hybridized carbons (Fsp3) is 0.600. The Hall–Kier alpha value is -3.77. The van der Waals surface area contributed by atoms with Gasteiger partial charge in [0.25, 0.3) is 0 Å². The molecule has 260 valence electrons. The first-order valence-electron chi connectivity index (χ1n) is 14.5. The highest BCUT2D eigenvalue weighted by Gasteiger charge is 2.57. The standard InChI is InChI=1S/C30H38O16S/c1-14(31)38-12-21-23(39-15(2)32)26(41-17(4)34)28(43-19(6)36)30(45-21)46-24-22(13-47-20-10-8-7-9-11-20)44-29(37)27(42-18(5)35)25(24)40-16(3)33/h7-11,21-30,37H,12-13H2,1-6H3/t21-,22-,23-,24-,25+,26+,27-,28+,29+,30-/m1/s1. The Labute approximate surface area is 274 Å². The van der Waals surface area contributed by atoms with Crippen LogP contribution in [0.1, 0.15) is 41.5 Å². The van der Waals surface area contributed by atoms with Crippen LogP contribution in [0.3, 0.4) is 0 Å². The van der Waals surface area contributed by atoms with Gasteiger partial charge in [-0.3, -0.25) is 28.8 Å². The molecule has 0 radical (unpaired) electrons. The van der Waals surface area contributed by atoms with Crippen LogP contribution < -0.4 is 0 Å². The van der Waals surface area contributed by atoms with E-state index in [1.807, 2.05) is 30.3 Å². The van der Waals surface area contributed by atoms with Crippen LogP contribution in [-0.2, 0) is 71.4 Å². The highest BCUT2D eigenvalue weighted by Crippen LogP contribution is 2.36. The second-order valence-electron chi connectivity index (χ2n) is 10.5. The molecule has 17 heteroatoms. The molecule has 0 aliphatic carbocycles. The van der Waals surface area contributed by atoms with Crippen LogP contribution in [0.15, 0.2) is 35.2 Å². The Balaban J connectivity index is 2.10. The van der Waals surface area contributed by atoms with Crippen molar-refractivity contribution in [2.24, 2.45) is 0 Å². The van der Waals surface area contributed by atoms with Crippen molar-refractivity contribution in [3.63, 3.8) is 0 Å². The number of esters is 6. The summed E-state index contributed by atoms with van der Waals surface area (Å²) >= 11 is 1.30. The Morgan fingerprint density at radius 1 is 0.617 bits per heavy atom. The topological polar surface area (TPSA) is 206 Å². The number of hydrogen-bond acceptors (Lipinski definition) is 17. The van der Waals surface area contributed by atoms with Gasteiger partial charge >= 0.3 is 35.8 Å². The van der Waals surface area contributed by atoms with Gasteiger partial charge in [0.05, 0.1) is 0 Å².